The van der Waals surface area contributed by atoms with Gasteiger partial charge in [-0.1, -0.05) is 20.8 Å². The summed E-state index contributed by atoms with van der Waals surface area (Å²) in [6.45, 7) is 9.87. The Hall–Kier alpha value is -1.10. The molecule has 2 atom stereocenters. The smallest absolute Gasteiger partial charge is 0.307 e. The zero-order chi connectivity index (χ0) is 14.9. The van der Waals surface area contributed by atoms with Crippen LogP contribution in [0.2, 0.25) is 0 Å². The molecule has 0 aromatic rings. The molecule has 0 radical (unpaired) electrons. The lowest BCUT2D eigenvalue weighted by atomic mass is 9.96. The van der Waals surface area contributed by atoms with Gasteiger partial charge in [-0.25, -0.2) is 0 Å². The van der Waals surface area contributed by atoms with Crippen molar-refractivity contribution in [1.29, 1.82) is 0 Å². The van der Waals surface area contributed by atoms with Gasteiger partial charge in [-0.05, 0) is 43.8 Å². The van der Waals surface area contributed by atoms with E-state index >= 15 is 0 Å². The Labute approximate surface area is 120 Å². The minimum atomic E-state index is -0.855. The van der Waals surface area contributed by atoms with E-state index in [0.29, 0.717) is 12.5 Å². The lowest BCUT2D eigenvalue weighted by molar-refractivity contribution is -0.140. The first-order valence-electron chi connectivity index (χ1n) is 7.60. The normalized spacial score (nSPS) is 29.9. The van der Waals surface area contributed by atoms with Crippen molar-refractivity contribution < 1.29 is 14.7 Å². The number of nitrogens with one attached hydrogen (secondary N) is 1. The molecule has 20 heavy (non-hydrogen) atoms. The molecule has 1 heterocycles. The van der Waals surface area contributed by atoms with Gasteiger partial charge in [-0.15, -0.1) is 0 Å². The van der Waals surface area contributed by atoms with Crippen LogP contribution in [0.15, 0.2) is 0 Å². The summed E-state index contributed by atoms with van der Waals surface area (Å²) >= 11 is 0. The van der Waals surface area contributed by atoms with Crippen LogP contribution >= 0.6 is 0 Å². The number of nitrogens with zero attached hydrogens (tertiary/aromatic N) is 1. The largest absolute Gasteiger partial charge is 0.481 e. The van der Waals surface area contributed by atoms with Crippen LogP contribution < -0.4 is 5.32 Å². The highest BCUT2D eigenvalue weighted by Gasteiger charge is 2.65. The van der Waals surface area contributed by atoms with Gasteiger partial charge >= 0.3 is 5.97 Å². The third-order valence-electron chi connectivity index (χ3n) is 5.10. The molecule has 1 aliphatic heterocycles. The van der Waals surface area contributed by atoms with Gasteiger partial charge in [0.1, 0.15) is 0 Å². The van der Waals surface area contributed by atoms with Crippen molar-refractivity contribution in [3.63, 3.8) is 0 Å². The first-order valence-corrected chi connectivity index (χ1v) is 7.60. The van der Waals surface area contributed by atoms with Crippen LogP contribution in [-0.2, 0) is 9.59 Å². The lowest BCUT2D eigenvalue weighted by Crippen LogP contribution is -2.39. The molecular formula is C15H26N2O3. The first kappa shape index (κ1) is 15.3. The maximum Gasteiger partial charge on any atom is 0.307 e. The SMILES string of the molecule is CCN1CCC(CNC(=O)[C@H]2[C@@H](C(=O)O)C2(C)C)CC1. The first-order chi connectivity index (χ1) is 9.37. The number of carboxylic acids is 1. The number of piperidine rings is 1. The highest BCUT2D eigenvalue weighted by Crippen LogP contribution is 2.58. The number of rotatable bonds is 5. The van der Waals surface area contributed by atoms with E-state index < -0.39 is 17.3 Å². The second-order valence-corrected chi connectivity index (χ2v) is 6.74. The number of aliphatic carboxylic acids is 1. The molecule has 0 unspecified atom stereocenters. The lowest BCUT2D eigenvalue weighted by Gasteiger charge is -2.31. The fourth-order valence-corrected chi connectivity index (χ4v) is 3.45. The highest BCUT2D eigenvalue weighted by atomic mass is 16.4. The van der Waals surface area contributed by atoms with Crippen molar-refractivity contribution in [3.8, 4) is 0 Å². The van der Waals surface area contributed by atoms with Gasteiger partial charge in [0.2, 0.25) is 5.91 Å². The Morgan fingerprint density at radius 2 is 1.85 bits per heavy atom. The minimum absolute atomic E-state index is 0.0830. The average Bonchev–Trinajstić information content (AvgIpc) is 3.00. The van der Waals surface area contributed by atoms with Crippen molar-refractivity contribution in [2.24, 2.45) is 23.2 Å². The van der Waals surface area contributed by atoms with E-state index in [-0.39, 0.29) is 11.8 Å². The number of carboxylic acid groups (broad SMARTS) is 1. The third kappa shape index (κ3) is 2.97. The van der Waals surface area contributed by atoms with Crippen LogP contribution in [0.25, 0.3) is 0 Å². The number of hydrogen-bond donors (Lipinski definition) is 2. The topological polar surface area (TPSA) is 69.6 Å². The monoisotopic (exact) mass is 282 g/mol. The molecule has 2 rings (SSSR count). The molecule has 1 saturated carbocycles. The molecule has 0 aromatic carbocycles. The Bertz CT molecular complexity index is 387. The number of carbonyl (C=O) groups is 2. The van der Waals surface area contributed by atoms with Gasteiger partial charge in [-0.3, -0.25) is 9.59 Å². The van der Waals surface area contributed by atoms with Gasteiger partial charge in [0.05, 0.1) is 11.8 Å². The molecule has 1 amide bonds. The van der Waals surface area contributed by atoms with Gasteiger partial charge in [0.25, 0.3) is 0 Å². The quantitative estimate of drug-likeness (QED) is 0.795. The summed E-state index contributed by atoms with van der Waals surface area (Å²) in [6, 6.07) is 0. The number of carbonyl (C=O) groups excluding carboxylic acids is 1. The van der Waals surface area contributed by atoms with Crippen molar-refractivity contribution >= 4 is 11.9 Å². The molecule has 114 valence electrons. The summed E-state index contributed by atoms with van der Waals surface area (Å²) in [5.74, 6) is -1.29. The molecule has 0 spiro atoms. The van der Waals surface area contributed by atoms with Gasteiger partial charge in [-0.2, -0.15) is 0 Å². The third-order valence-corrected chi connectivity index (χ3v) is 5.10. The van der Waals surface area contributed by atoms with Crippen molar-refractivity contribution in [2.45, 2.75) is 33.6 Å². The summed E-state index contributed by atoms with van der Waals surface area (Å²) in [7, 11) is 0. The maximum absolute atomic E-state index is 12.1. The van der Waals surface area contributed by atoms with Crippen molar-refractivity contribution in [2.75, 3.05) is 26.2 Å². The van der Waals surface area contributed by atoms with E-state index in [1.165, 1.54) is 0 Å². The second-order valence-electron chi connectivity index (χ2n) is 6.74. The zero-order valence-corrected chi connectivity index (χ0v) is 12.7. The van der Waals surface area contributed by atoms with E-state index in [9.17, 15) is 9.59 Å². The van der Waals surface area contributed by atoms with Crippen LogP contribution in [-0.4, -0.2) is 48.1 Å². The minimum Gasteiger partial charge on any atom is -0.481 e. The molecule has 5 heteroatoms. The molecule has 0 bridgehead atoms. The predicted molar refractivity (Wildman–Crippen MR) is 76.2 cm³/mol. The molecule has 1 saturated heterocycles. The molecule has 2 fully saturated rings. The number of amides is 1. The molecule has 2 N–H and O–H groups in total. The van der Waals surface area contributed by atoms with E-state index in [0.717, 1.165) is 32.5 Å². The number of likely N-dealkylation sites (tertiary alicyclic amines) is 1. The zero-order valence-electron chi connectivity index (χ0n) is 12.7. The van der Waals surface area contributed by atoms with Crippen molar-refractivity contribution in [1.82, 2.24) is 10.2 Å². The standard InChI is InChI=1S/C15H26N2O3/c1-4-17-7-5-10(6-8-17)9-16-13(18)11-12(14(19)20)15(11,2)3/h10-12H,4-9H2,1-3H3,(H,16,18)(H,19,20)/t11-,12+/m1/s1. The highest BCUT2D eigenvalue weighted by molar-refractivity contribution is 5.91. The summed E-state index contributed by atoms with van der Waals surface area (Å²) < 4.78 is 0. The fourth-order valence-electron chi connectivity index (χ4n) is 3.45. The van der Waals surface area contributed by atoms with Crippen LogP contribution in [0.4, 0.5) is 0 Å². The molecule has 0 aromatic heterocycles. The van der Waals surface area contributed by atoms with E-state index in [1.54, 1.807) is 0 Å². The summed E-state index contributed by atoms with van der Waals surface area (Å²) in [4.78, 5) is 25.6. The van der Waals surface area contributed by atoms with Gasteiger partial charge < -0.3 is 15.3 Å². The molecular weight excluding hydrogens is 256 g/mol. The van der Waals surface area contributed by atoms with Crippen LogP contribution in [0.1, 0.15) is 33.6 Å². The van der Waals surface area contributed by atoms with Gasteiger partial charge in [0.15, 0.2) is 0 Å². The molecule has 1 aliphatic carbocycles. The fraction of sp³-hybridized carbons (Fsp3) is 0.867. The summed E-state index contributed by atoms with van der Waals surface area (Å²) in [5.41, 5.74) is -0.401. The molecule has 2 aliphatic rings. The van der Waals surface area contributed by atoms with Crippen molar-refractivity contribution in [3.05, 3.63) is 0 Å². The Kier molecular flexibility index (Phi) is 4.37. The maximum atomic E-state index is 12.1. The molecule has 5 nitrogen and oxygen atoms in total. The summed E-state index contributed by atoms with van der Waals surface area (Å²) in [6.07, 6.45) is 2.23. The van der Waals surface area contributed by atoms with Gasteiger partial charge in [0, 0.05) is 6.54 Å². The Morgan fingerprint density at radius 3 is 2.30 bits per heavy atom. The summed E-state index contributed by atoms with van der Waals surface area (Å²) in [5, 5.41) is 12.1. The predicted octanol–water partition coefficient (Wildman–Crippen LogP) is 1.19. The average molecular weight is 282 g/mol. The van der Waals surface area contributed by atoms with Crippen LogP contribution in [0.3, 0.4) is 0 Å². The van der Waals surface area contributed by atoms with E-state index in [1.807, 2.05) is 13.8 Å². The Morgan fingerprint density at radius 1 is 1.25 bits per heavy atom. The van der Waals surface area contributed by atoms with E-state index in [2.05, 4.69) is 17.1 Å². The van der Waals surface area contributed by atoms with Crippen LogP contribution in [0.5, 0.6) is 0 Å². The van der Waals surface area contributed by atoms with Crippen LogP contribution in [0, 0.1) is 23.2 Å². The van der Waals surface area contributed by atoms with E-state index in [4.69, 9.17) is 5.11 Å². The second kappa shape index (κ2) is 5.72. The number of hydrogen-bond acceptors (Lipinski definition) is 3. The Balaban J connectivity index is 1.75.